The van der Waals surface area contributed by atoms with Gasteiger partial charge in [-0.05, 0) is 66.1 Å². The lowest BCUT2D eigenvalue weighted by Crippen LogP contribution is -1.92. The fourth-order valence-electron chi connectivity index (χ4n) is 2.46. The molecule has 0 unspecified atom stereocenters. The molecule has 0 aliphatic rings. The summed E-state index contributed by atoms with van der Waals surface area (Å²) in [5, 5.41) is 0. The summed E-state index contributed by atoms with van der Waals surface area (Å²) in [5.41, 5.74) is 2.39. The second kappa shape index (κ2) is 9.37. The van der Waals surface area contributed by atoms with E-state index in [1.54, 1.807) is 19.3 Å². The quantitative estimate of drug-likeness (QED) is 0.502. The first-order valence-electron chi connectivity index (χ1n) is 8.09. The topological polar surface area (TPSA) is 35.5 Å². The van der Waals surface area contributed by atoms with Crippen LogP contribution in [0.5, 0.6) is 11.5 Å². The first kappa shape index (κ1) is 19.2. The van der Waals surface area contributed by atoms with E-state index in [-0.39, 0.29) is 11.6 Å². The Bertz CT molecular complexity index is 850. The highest BCUT2D eigenvalue weighted by atomic mass is 19.1. The Balaban J connectivity index is 2.13. The number of halogens is 1. The van der Waals surface area contributed by atoms with E-state index in [1.165, 1.54) is 43.5 Å². The van der Waals surface area contributed by atoms with Crippen molar-refractivity contribution < 1.29 is 18.7 Å². The van der Waals surface area contributed by atoms with Gasteiger partial charge in [0.05, 0.1) is 14.2 Å². The van der Waals surface area contributed by atoms with Gasteiger partial charge in [0, 0.05) is 5.56 Å². The van der Waals surface area contributed by atoms with E-state index in [9.17, 15) is 9.18 Å². The third-order valence-corrected chi connectivity index (χ3v) is 3.73. The SMILES string of the molecule is C=CCc1cc(/C=C/C(=O)/C=C/c2cc(F)ccc2OC)ccc1OC. The molecule has 0 aliphatic carbocycles. The summed E-state index contributed by atoms with van der Waals surface area (Å²) in [7, 11) is 3.11. The number of carbonyl (C=O) groups excluding carboxylic acids is 1. The number of rotatable bonds is 8. The Morgan fingerprint density at radius 3 is 2.42 bits per heavy atom. The summed E-state index contributed by atoms with van der Waals surface area (Å²) in [6.07, 6.45) is 8.57. The van der Waals surface area contributed by atoms with Gasteiger partial charge in [-0.15, -0.1) is 6.58 Å². The van der Waals surface area contributed by atoms with Crippen molar-refractivity contribution in [1.29, 1.82) is 0 Å². The zero-order valence-electron chi connectivity index (χ0n) is 14.9. The van der Waals surface area contributed by atoms with Crippen LogP contribution in [0.3, 0.4) is 0 Å². The Kier molecular flexibility index (Phi) is 6.92. The largest absolute Gasteiger partial charge is 0.496 e. The van der Waals surface area contributed by atoms with Crippen molar-refractivity contribution >= 4 is 17.9 Å². The van der Waals surface area contributed by atoms with Crippen molar-refractivity contribution in [2.24, 2.45) is 0 Å². The average Bonchev–Trinajstić information content (AvgIpc) is 2.65. The highest BCUT2D eigenvalue weighted by molar-refractivity contribution is 6.04. The average molecular weight is 352 g/mol. The number of ether oxygens (including phenoxy) is 2. The standard InChI is InChI=1S/C22H21FO3/c1-4-5-17-14-16(7-12-21(17)25-2)6-10-20(24)11-8-18-15-19(23)9-13-22(18)26-3/h4,6-15H,1,5H2,2-3H3/b10-6+,11-8+. The van der Waals surface area contributed by atoms with Gasteiger partial charge in [0.2, 0.25) is 0 Å². The molecule has 0 radical (unpaired) electrons. The molecule has 2 aromatic carbocycles. The molecule has 26 heavy (non-hydrogen) atoms. The van der Waals surface area contributed by atoms with E-state index in [2.05, 4.69) is 6.58 Å². The van der Waals surface area contributed by atoms with Gasteiger partial charge in [-0.25, -0.2) is 4.39 Å². The second-order valence-electron chi connectivity index (χ2n) is 5.52. The van der Waals surface area contributed by atoms with Crippen LogP contribution in [0.4, 0.5) is 4.39 Å². The molecule has 0 aromatic heterocycles. The summed E-state index contributed by atoms with van der Waals surface area (Å²) in [6, 6.07) is 9.82. The van der Waals surface area contributed by atoms with E-state index in [1.807, 2.05) is 18.2 Å². The number of ketones is 1. The van der Waals surface area contributed by atoms with Crippen LogP contribution in [0.2, 0.25) is 0 Å². The monoisotopic (exact) mass is 352 g/mol. The Hall–Kier alpha value is -3.14. The zero-order valence-corrected chi connectivity index (χ0v) is 14.9. The van der Waals surface area contributed by atoms with Gasteiger partial charge in [-0.1, -0.05) is 18.2 Å². The van der Waals surface area contributed by atoms with Crippen molar-refractivity contribution in [2.75, 3.05) is 14.2 Å². The van der Waals surface area contributed by atoms with E-state index in [4.69, 9.17) is 9.47 Å². The summed E-state index contributed by atoms with van der Waals surface area (Å²) in [5.74, 6) is 0.689. The molecule has 0 saturated heterocycles. The lowest BCUT2D eigenvalue weighted by Gasteiger charge is -2.07. The lowest BCUT2D eigenvalue weighted by atomic mass is 10.1. The van der Waals surface area contributed by atoms with Crippen LogP contribution < -0.4 is 9.47 Å². The van der Waals surface area contributed by atoms with Gasteiger partial charge >= 0.3 is 0 Å². The molecular weight excluding hydrogens is 331 g/mol. The van der Waals surface area contributed by atoms with Gasteiger partial charge in [-0.2, -0.15) is 0 Å². The molecule has 3 nitrogen and oxygen atoms in total. The van der Waals surface area contributed by atoms with Crippen molar-refractivity contribution in [2.45, 2.75) is 6.42 Å². The van der Waals surface area contributed by atoms with Gasteiger partial charge in [0.1, 0.15) is 17.3 Å². The van der Waals surface area contributed by atoms with Crippen LogP contribution in [0.25, 0.3) is 12.2 Å². The summed E-state index contributed by atoms with van der Waals surface area (Å²) >= 11 is 0. The molecule has 0 bridgehead atoms. The predicted octanol–water partition coefficient (Wildman–Crippen LogP) is 4.87. The normalized spacial score (nSPS) is 11.0. The molecule has 0 amide bonds. The van der Waals surface area contributed by atoms with Crippen LogP contribution in [-0.4, -0.2) is 20.0 Å². The molecule has 0 saturated carbocycles. The Morgan fingerprint density at radius 1 is 1.04 bits per heavy atom. The van der Waals surface area contributed by atoms with Crippen LogP contribution in [0, 0.1) is 5.82 Å². The summed E-state index contributed by atoms with van der Waals surface area (Å²) < 4.78 is 23.8. The zero-order chi connectivity index (χ0) is 18.9. The molecule has 0 atom stereocenters. The van der Waals surface area contributed by atoms with E-state index < -0.39 is 0 Å². The van der Waals surface area contributed by atoms with Crippen molar-refractivity contribution in [3.05, 3.63) is 83.7 Å². The molecule has 2 rings (SSSR count). The Morgan fingerprint density at radius 2 is 1.73 bits per heavy atom. The van der Waals surface area contributed by atoms with Gasteiger partial charge in [0.25, 0.3) is 0 Å². The molecule has 0 spiro atoms. The first-order valence-corrected chi connectivity index (χ1v) is 8.09. The number of benzene rings is 2. The molecule has 0 heterocycles. The third-order valence-electron chi connectivity index (χ3n) is 3.73. The highest BCUT2D eigenvalue weighted by Crippen LogP contribution is 2.22. The molecule has 0 N–H and O–H groups in total. The molecular formula is C22H21FO3. The molecule has 4 heteroatoms. The van der Waals surface area contributed by atoms with Crippen LogP contribution in [0.1, 0.15) is 16.7 Å². The predicted molar refractivity (Wildman–Crippen MR) is 103 cm³/mol. The summed E-state index contributed by atoms with van der Waals surface area (Å²) in [4.78, 5) is 12.1. The number of methoxy groups -OCH3 is 2. The van der Waals surface area contributed by atoms with Crippen molar-refractivity contribution in [3.63, 3.8) is 0 Å². The highest BCUT2D eigenvalue weighted by Gasteiger charge is 2.03. The second-order valence-corrected chi connectivity index (χ2v) is 5.52. The van der Waals surface area contributed by atoms with E-state index in [0.29, 0.717) is 17.7 Å². The number of hydrogen-bond donors (Lipinski definition) is 0. The fraction of sp³-hybridized carbons (Fsp3) is 0.136. The Labute approximate surface area is 153 Å². The van der Waals surface area contributed by atoms with Crippen molar-refractivity contribution in [1.82, 2.24) is 0 Å². The minimum absolute atomic E-state index is 0.211. The van der Waals surface area contributed by atoms with Crippen molar-refractivity contribution in [3.8, 4) is 11.5 Å². The maximum absolute atomic E-state index is 13.3. The molecule has 134 valence electrons. The molecule has 0 aliphatic heterocycles. The first-order chi connectivity index (χ1) is 12.6. The minimum atomic E-state index is -0.388. The third kappa shape index (κ3) is 5.18. The van der Waals surface area contributed by atoms with Gasteiger partial charge in [0.15, 0.2) is 5.78 Å². The maximum Gasteiger partial charge on any atom is 0.178 e. The van der Waals surface area contributed by atoms with E-state index >= 15 is 0 Å². The minimum Gasteiger partial charge on any atom is -0.496 e. The van der Waals surface area contributed by atoms with Gasteiger partial charge in [-0.3, -0.25) is 4.79 Å². The smallest absolute Gasteiger partial charge is 0.178 e. The maximum atomic E-state index is 13.3. The van der Waals surface area contributed by atoms with Gasteiger partial charge < -0.3 is 9.47 Å². The molecule has 0 fully saturated rings. The number of allylic oxidation sites excluding steroid dienone is 3. The number of hydrogen-bond acceptors (Lipinski definition) is 3. The number of carbonyl (C=O) groups is 1. The summed E-state index contributed by atoms with van der Waals surface area (Å²) in [6.45, 7) is 3.73. The van der Waals surface area contributed by atoms with Crippen LogP contribution in [-0.2, 0) is 11.2 Å². The fourth-order valence-corrected chi connectivity index (χ4v) is 2.46. The van der Waals surface area contributed by atoms with Crippen LogP contribution >= 0.6 is 0 Å². The lowest BCUT2D eigenvalue weighted by molar-refractivity contribution is -0.110. The van der Waals surface area contributed by atoms with Crippen LogP contribution in [0.15, 0.2) is 61.2 Å². The van der Waals surface area contributed by atoms with E-state index in [0.717, 1.165) is 16.9 Å². The molecule has 2 aromatic rings.